The molecular formula is C63H126FeN3S6. The van der Waals surface area contributed by atoms with E-state index in [0.717, 1.165) is 39.3 Å². The SMILES string of the molecule is CCCCCCCCCCN(CCCCCCCCCC)C(=S)[S-].CCCCCCCCCCN(CCCCCCCCCC)C(=S)[S-].CCCCCCCCCCN(CCCCCCCCCC)C(=S)[S-].[Fe+3]. The topological polar surface area (TPSA) is 9.72 Å². The predicted octanol–water partition coefficient (Wildman–Crippen LogP) is 22.2. The Labute approximate surface area is 504 Å². The zero-order valence-electron chi connectivity index (χ0n) is 49.8. The van der Waals surface area contributed by atoms with Crippen molar-refractivity contribution in [2.45, 2.75) is 350 Å². The number of thiocarbonyl (C=S) groups is 3. The third kappa shape index (κ3) is 68.9. The standard InChI is InChI=1S/3C21H43NS2.Fe/c3*1-3-5-7-9-11-13-15-17-19-22(21(23)24)20-18-16-14-12-10-8-6-4-2;/h3*3-20H2,1-2H3,(H,23,24);/q;;;+3/p-3. The second kappa shape index (κ2) is 70.9. The van der Waals surface area contributed by atoms with Crippen LogP contribution in [0.3, 0.4) is 0 Å². The fourth-order valence-corrected chi connectivity index (χ4v) is 10.6. The monoisotopic (exact) mass is 1170 g/mol. The molecule has 0 fully saturated rings. The predicted molar refractivity (Wildman–Crippen MR) is 350 cm³/mol. The molecule has 10 heteroatoms. The van der Waals surface area contributed by atoms with E-state index in [2.05, 4.69) is 56.2 Å². The van der Waals surface area contributed by atoms with Gasteiger partial charge in [0.05, 0.1) is 0 Å². The van der Waals surface area contributed by atoms with Crippen LogP contribution < -0.4 is 0 Å². The minimum absolute atomic E-state index is 0. The van der Waals surface area contributed by atoms with Crippen molar-refractivity contribution < 1.29 is 17.1 Å². The van der Waals surface area contributed by atoms with Crippen LogP contribution in [0.5, 0.6) is 0 Å². The molecule has 0 atom stereocenters. The van der Waals surface area contributed by atoms with Gasteiger partial charge in [0.25, 0.3) is 0 Å². The normalized spacial score (nSPS) is 10.8. The smallest absolute Gasteiger partial charge is 0.411 e. The Morgan fingerprint density at radius 3 is 0.397 bits per heavy atom. The van der Waals surface area contributed by atoms with E-state index in [1.54, 1.807) is 0 Å². The van der Waals surface area contributed by atoms with E-state index in [-0.39, 0.29) is 17.1 Å². The summed E-state index contributed by atoms with van der Waals surface area (Å²) in [5.41, 5.74) is 0. The summed E-state index contributed by atoms with van der Waals surface area (Å²) in [6, 6.07) is 0. The molecule has 0 heterocycles. The average Bonchev–Trinajstić information content (AvgIpc) is 3.36. The van der Waals surface area contributed by atoms with E-state index in [0.29, 0.717) is 13.0 Å². The molecule has 0 aromatic heterocycles. The van der Waals surface area contributed by atoms with Crippen molar-refractivity contribution in [2.24, 2.45) is 0 Å². The van der Waals surface area contributed by atoms with Crippen LogP contribution in [0, 0.1) is 0 Å². The van der Waals surface area contributed by atoms with E-state index in [1.165, 1.54) is 308 Å². The molecule has 73 heavy (non-hydrogen) atoms. The van der Waals surface area contributed by atoms with Gasteiger partial charge in [0, 0.05) is 39.3 Å². The van der Waals surface area contributed by atoms with Crippen molar-refractivity contribution in [2.75, 3.05) is 39.3 Å². The fourth-order valence-electron chi connectivity index (χ4n) is 9.50. The summed E-state index contributed by atoms with van der Waals surface area (Å²) >= 11 is 31.5. The molecule has 0 saturated carbocycles. The van der Waals surface area contributed by atoms with Crippen LogP contribution >= 0.6 is 36.7 Å². The van der Waals surface area contributed by atoms with Crippen LogP contribution in [0.4, 0.5) is 0 Å². The molecule has 0 rings (SSSR count). The molecule has 0 N–H and O–H groups in total. The number of hydrogen-bond donors (Lipinski definition) is 0. The van der Waals surface area contributed by atoms with Crippen LogP contribution in [0.2, 0.25) is 0 Å². The third-order valence-electron chi connectivity index (χ3n) is 14.5. The number of rotatable bonds is 54. The average molecular weight is 1170 g/mol. The third-order valence-corrected chi connectivity index (χ3v) is 16.0. The molecule has 0 aliphatic carbocycles. The van der Waals surface area contributed by atoms with Gasteiger partial charge in [-0.2, -0.15) is 0 Å². The Kier molecular flexibility index (Phi) is 78.0. The largest absolute Gasteiger partial charge is 3.00 e. The zero-order valence-corrected chi connectivity index (χ0v) is 55.8. The van der Waals surface area contributed by atoms with Crippen molar-refractivity contribution in [1.29, 1.82) is 0 Å². The quantitative estimate of drug-likeness (QED) is 0.0253. The van der Waals surface area contributed by atoms with Gasteiger partial charge in [0.1, 0.15) is 0 Å². The number of unbranched alkanes of at least 4 members (excludes halogenated alkanes) is 42. The van der Waals surface area contributed by atoms with Gasteiger partial charge < -0.3 is 89.2 Å². The van der Waals surface area contributed by atoms with Crippen molar-refractivity contribution in [3.63, 3.8) is 0 Å². The van der Waals surface area contributed by atoms with Crippen LogP contribution in [0.15, 0.2) is 0 Å². The summed E-state index contributed by atoms with van der Waals surface area (Å²) in [4.78, 5) is 6.79. The molecule has 0 unspecified atom stereocenters. The van der Waals surface area contributed by atoms with E-state index in [4.69, 9.17) is 74.5 Å². The summed E-state index contributed by atoms with van der Waals surface area (Å²) in [5, 5.41) is 0. The first-order valence-corrected chi connectivity index (χ1v) is 34.5. The molecule has 1 radical (unpaired) electrons. The molecule has 0 aliphatic heterocycles. The molecule has 0 aliphatic rings. The maximum atomic E-state index is 5.25. The van der Waals surface area contributed by atoms with Gasteiger partial charge in [-0.25, -0.2) is 0 Å². The minimum Gasteiger partial charge on any atom is -0.411 e. The van der Waals surface area contributed by atoms with Crippen LogP contribution in [0.25, 0.3) is 0 Å². The Hall–Kier alpha value is 0.849. The van der Waals surface area contributed by atoms with Crippen molar-refractivity contribution in [3.05, 3.63) is 0 Å². The second-order valence-corrected chi connectivity index (χ2v) is 24.7. The maximum absolute atomic E-state index is 5.25. The molecule has 3 nitrogen and oxygen atoms in total. The summed E-state index contributed by atoms with van der Waals surface area (Å²) in [5.74, 6) is 0. The summed E-state index contributed by atoms with van der Waals surface area (Å²) in [6.45, 7) is 20.1. The van der Waals surface area contributed by atoms with E-state index in [9.17, 15) is 0 Å². The first-order chi connectivity index (χ1) is 35.2. The summed E-state index contributed by atoms with van der Waals surface area (Å²) < 4.78 is 2.04. The van der Waals surface area contributed by atoms with Crippen molar-refractivity contribution in [3.8, 4) is 0 Å². The van der Waals surface area contributed by atoms with Crippen LogP contribution in [0.1, 0.15) is 350 Å². The number of nitrogens with zero attached hydrogens (tertiary/aromatic N) is 3. The van der Waals surface area contributed by atoms with E-state index in [1.807, 2.05) is 0 Å². The molecule has 0 bridgehead atoms. The van der Waals surface area contributed by atoms with Gasteiger partial charge in [-0.3, -0.25) is 0 Å². The van der Waals surface area contributed by atoms with Gasteiger partial charge in [-0.1, -0.05) is 324 Å². The summed E-state index contributed by atoms with van der Waals surface area (Å²) in [7, 11) is 0. The van der Waals surface area contributed by atoms with Crippen LogP contribution in [-0.2, 0) is 55.0 Å². The molecule has 437 valence electrons. The van der Waals surface area contributed by atoms with Crippen LogP contribution in [-0.4, -0.2) is 66.9 Å². The fraction of sp³-hybridized carbons (Fsp3) is 0.952. The van der Waals surface area contributed by atoms with Crippen molar-refractivity contribution in [1.82, 2.24) is 14.7 Å². The Morgan fingerprint density at radius 2 is 0.301 bits per heavy atom. The van der Waals surface area contributed by atoms with Gasteiger partial charge in [-0.05, 0) is 38.5 Å². The second-order valence-electron chi connectivity index (χ2n) is 21.6. The Morgan fingerprint density at radius 1 is 0.205 bits per heavy atom. The van der Waals surface area contributed by atoms with E-state index >= 15 is 0 Å². The van der Waals surface area contributed by atoms with Crippen molar-refractivity contribution >= 4 is 87.5 Å². The molecular weight excluding hydrogens is 1050 g/mol. The van der Waals surface area contributed by atoms with Gasteiger partial charge in [0.15, 0.2) is 0 Å². The van der Waals surface area contributed by atoms with Gasteiger partial charge in [-0.15, -0.1) is 0 Å². The Bertz CT molecular complexity index is 882. The molecule has 0 aromatic carbocycles. The zero-order chi connectivity index (χ0) is 53.6. The summed E-state index contributed by atoms with van der Waals surface area (Å²) in [6.07, 6.45) is 65.5. The molecule has 0 saturated heterocycles. The molecule has 0 spiro atoms. The first-order valence-electron chi connectivity index (χ1n) is 32.0. The number of hydrogen-bond acceptors (Lipinski definition) is 6. The van der Waals surface area contributed by atoms with Gasteiger partial charge >= 0.3 is 17.1 Å². The minimum atomic E-state index is 0. The first kappa shape index (κ1) is 80.3. The van der Waals surface area contributed by atoms with Gasteiger partial charge in [0.2, 0.25) is 0 Å². The molecule has 0 amide bonds. The Balaban J connectivity index is -0.000000486. The molecule has 0 aromatic rings. The van der Waals surface area contributed by atoms with E-state index < -0.39 is 0 Å². The maximum Gasteiger partial charge on any atom is 3.00 e.